The molecule has 0 aliphatic carbocycles. The molecule has 0 saturated carbocycles. The minimum atomic E-state index is -1.25. The van der Waals surface area contributed by atoms with E-state index in [1.165, 1.54) is 21.9 Å². The topological polar surface area (TPSA) is 118 Å². The van der Waals surface area contributed by atoms with Crippen LogP contribution in [0.2, 0.25) is 10.0 Å². The monoisotopic (exact) mass is 582 g/mol. The minimum absolute atomic E-state index is 0.325. The fourth-order valence-electron chi connectivity index (χ4n) is 4.42. The molecule has 1 atom stereocenters. The molecule has 1 fully saturated rings. The van der Waals surface area contributed by atoms with Gasteiger partial charge in [-0.15, -0.1) is 0 Å². The number of urea groups is 2. The van der Waals surface area contributed by atoms with Crippen LogP contribution in [0, 0.1) is 0 Å². The van der Waals surface area contributed by atoms with Gasteiger partial charge in [0, 0.05) is 21.4 Å². The fourth-order valence-corrected chi connectivity index (χ4v) is 4.80. The molecule has 0 unspecified atom stereocenters. The van der Waals surface area contributed by atoms with Crippen molar-refractivity contribution in [2.45, 2.75) is 32.5 Å². The Balaban J connectivity index is 1.61. The van der Waals surface area contributed by atoms with Gasteiger partial charge in [0.25, 0.3) is 5.91 Å². The summed E-state index contributed by atoms with van der Waals surface area (Å²) in [6.45, 7) is 4.64. The lowest BCUT2D eigenvalue weighted by molar-refractivity contribution is -0.124. The molecule has 208 valence electrons. The molecule has 40 heavy (non-hydrogen) atoms. The Hall–Kier alpha value is -4.12. The second-order valence-electron chi connectivity index (χ2n) is 9.63. The highest BCUT2D eigenvalue weighted by molar-refractivity contribution is 6.31. The Morgan fingerprint density at radius 3 is 2.30 bits per heavy atom. The van der Waals surface area contributed by atoms with E-state index in [1.54, 1.807) is 57.2 Å². The van der Waals surface area contributed by atoms with Crippen molar-refractivity contribution in [1.29, 1.82) is 0 Å². The van der Waals surface area contributed by atoms with E-state index in [0.29, 0.717) is 32.2 Å². The van der Waals surface area contributed by atoms with E-state index >= 15 is 0 Å². The number of hydrogen-bond donors (Lipinski definition) is 3. The predicted molar refractivity (Wildman–Crippen MR) is 155 cm³/mol. The molecule has 3 N–H and O–H groups in total. The van der Waals surface area contributed by atoms with Gasteiger partial charge in [-0.05, 0) is 62.7 Å². The van der Waals surface area contributed by atoms with Crippen molar-refractivity contribution in [1.82, 2.24) is 15.4 Å². The number of hydrogen-bond acceptors (Lipinski definition) is 5. The largest absolute Gasteiger partial charge is 0.347 e. The molecule has 10 nitrogen and oxygen atoms in total. The van der Waals surface area contributed by atoms with Gasteiger partial charge in [-0.3, -0.25) is 14.9 Å². The van der Waals surface area contributed by atoms with E-state index in [-0.39, 0.29) is 0 Å². The van der Waals surface area contributed by atoms with Gasteiger partial charge in [0.2, 0.25) is 0 Å². The number of nitrogens with one attached hydrogen (secondary N) is 2. The summed E-state index contributed by atoms with van der Waals surface area (Å²) in [6.07, 6.45) is -1.25. The maximum absolute atomic E-state index is 13.8. The zero-order valence-electron chi connectivity index (χ0n) is 22.0. The summed E-state index contributed by atoms with van der Waals surface area (Å²) < 4.78 is 0. The summed E-state index contributed by atoms with van der Waals surface area (Å²) in [5.41, 5.74) is 3.31. The number of hydroxylamine groups is 2. The normalized spacial score (nSPS) is 16.6. The molecular weight excluding hydrogens is 555 g/mol. The quantitative estimate of drug-likeness (QED) is 0.185. The molecule has 1 heterocycles. The number of halogens is 2. The summed E-state index contributed by atoms with van der Waals surface area (Å²) in [5, 5.41) is 19.0. The summed E-state index contributed by atoms with van der Waals surface area (Å²) in [7, 11) is 0. The van der Waals surface area contributed by atoms with Gasteiger partial charge in [-0.2, -0.15) is 10.2 Å². The van der Waals surface area contributed by atoms with Crippen LogP contribution in [0.15, 0.2) is 84.0 Å². The smallest absolute Gasteiger partial charge is 0.306 e. The second kappa shape index (κ2) is 12.0. The average Bonchev–Trinajstić information content (AvgIpc) is 3.12. The number of rotatable bonds is 7. The third kappa shape index (κ3) is 6.20. The molecule has 1 aliphatic rings. The summed E-state index contributed by atoms with van der Waals surface area (Å²) >= 11 is 12.2. The third-order valence-corrected chi connectivity index (χ3v) is 6.92. The highest BCUT2D eigenvalue weighted by Crippen LogP contribution is 2.38. The van der Waals surface area contributed by atoms with Gasteiger partial charge in [0.05, 0.1) is 11.3 Å². The van der Waals surface area contributed by atoms with Crippen molar-refractivity contribution < 1.29 is 19.6 Å². The Bertz CT molecular complexity index is 1450. The van der Waals surface area contributed by atoms with Crippen LogP contribution >= 0.6 is 23.2 Å². The lowest BCUT2D eigenvalue weighted by Crippen LogP contribution is -2.58. The first-order valence-corrected chi connectivity index (χ1v) is 13.0. The molecule has 3 aromatic rings. The molecule has 0 aromatic heterocycles. The number of hydrazone groups is 1. The van der Waals surface area contributed by atoms with E-state index in [4.69, 9.17) is 23.2 Å². The molecule has 1 saturated heterocycles. The van der Waals surface area contributed by atoms with E-state index in [1.807, 2.05) is 30.3 Å². The van der Waals surface area contributed by atoms with E-state index < -0.39 is 36.2 Å². The van der Waals surface area contributed by atoms with Crippen LogP contribution in [0.5, 0.6) is 0 Å². The number of nitrogens with zero attached hydrogens (tertiary/aromatic N) is 4. The van der Waals surface area contributed by atoms with E-state index in [9.17, 15) is 19.6 Å². The predicted octanol–water partition coefficient (Wildman–Crippen LogP) is 5.80. The van der Waals surface area contributed by atoms with Crippen molar-refractivity contribution >= 4 is 58.3 Å². The van der Waals surface area contributed by atoms with Crippen LogP contribution in [0.3, 0.4) is 0 Å². The second-order valence-corrected chi connectivity index (χ2v) is 10.5. The van der Waals surface area contributed by atoms with E-state index in [2.05, 4.69) is 15.8 Å². The number of anilines is 2. The zero-order valence-corrected chi connectivity index (χ0v) is 23.5. The highest BCUT2D eigenvalue weighted by atomic mass is 35.5. The molecule has 0 bridgehead atoms. The maximum Gasteiger partial charge on any atom is 0.347 e. The molecule has 1 aliphatic heterocycles. The Morgan fingerprint density at radius 2 is 1.65 bits per heavy atom. The van der Waals surface area contributed by atoms with Gasteiger partial charge in [0.1, 0.15) is 6.54 Å². The first-order valence-electron chi connectivity index (χ1n) is 12.3. The van der Waals surface area contributed by atoms with Crippen LogP contribution < -0.4 is 15.6 Å². The summed E-state index contributed by atoms with van der Waals surface area (Å²) in [4.78, 5) is 42.3. The van der Waals surface area contributed by atoms with Gasteiger partial charge < -0.3 is 10.2 Å². The van der Waals surface area contributed by atoms with Crippen molar-refractivity contribution in [3.05, 3.63) is 94.5 Å². The molecule has 3 aromatic carbocycles. The zero-order chi connectivity index (χ0) is 29.0. The number of amides is 5. The maximum atomic E-state index is 13.8. The Kier molecular flexibility index (Phi) is 8.63. The fraction of sp³-hybridized carbons (Fsp3) is 0.214. The molecule has 5 amide bonds. The van der Waals surface area contributed by atoms with Gasteiger partial charge in [-0.25, -0.2) is 15.0 Å². The first kappa shape index (κ1) is 28.9. The lowest BCUT2D eigenvalue weighted by atomic mass is 9.99. The number of benzene rings is 3. The van der Waals surface area contributed by atoms with Gasteiger partial charge in [0.15, 0.2) is 6.17 Å². The highest BCUT2D eigenvalue weighted by Gasteiger charge is 2.56. The lowest BCUT2D eigenvalue weighted by Gasteiger charge is -2.38. The summed E-state index contributed by atoms with van der Waals surface area (Å²) in [5.74, 6) is -0.559. The van der Waals surface area contributed by atoms with Crippen LogP contribution in [0.4, 0.5) is 21.0 Å². The Labute approximate surface area is 241 Å². The van der Waals surface area contributed by atoms with Crippen LogP contribution in [0.25, 0.3) is 0 Å². The molecule has 0 spiro atoms. The summed E-state index contributed by atoms with van der Waals surface area (Å²) in [6, 6.07) is 20.6. The molecule has 4 rings (SSSR count). The van der Waals surface area contributed by atoms with Crippen LogP contribution in [0.1, 0.15) is 26.3 Å². The van der Waals surface area contributed by atoms with Crippen LogP contribution in [-0.2, 0) is 4.79 Å². The van der Waals surface area contributed by atoms with Gasteiger partial charge >= 0.3 is 12.1 Å². The average molecular weight is 583 g/mol. The van der Waals surface area contributed by atoms with Crippen LogP contribution in [-0.4, -0.2) is 57.1 Å². The minimum Gasteiger partial charge on any atom is -0.306 e. The number of carbonyl (C=O) groups is 3. The van der Waals surface area contributed by atoms with Crippen molar-refractivity contribution in [3.63, 3.8) is 0 Å². The molecule has 0 radical (unpaired) electrons. The Morgan fingerprint density at radius 1 is 1.00 bits per heavy atom. The van der Waals surface area contributed by atoms with Crippen molar-refractivity contribution in [3.8, 4) is 0 Å². The SMILES string of the molecule is C/C(=N\NC(=O)CN1C(=O)N(c2cccc(Cl)c2)[C@@H](N(O)C(=O)Nc2cccc(Cl)c2)C1(C)C)c1ccccc1. The molecule has 12 heteroatoms. The van der Waals surface area contributed by atoms with Crippen molar-refractivity contribution in [2.24, 2.45) is 5.10 Å². The molecular formula is C28H28Cl2N6O4. The standard InChI is InChI=1S/C28H28Cl2N6O4/c1-18(19-9-5-4-6-10-19)32-33-24(37)17-34-27(39)35(23-14-8-12-21(30)16-23)25(28(34,2)3)36(40)26(38)31-22-13-7-11-20(29)15-22/h4-16,25,40H,17H2,1-3H3,(H,31,38)(H,33,37)/b32-18+/t25-/m0/s1. The number of carbonyl (C=O) groups excluding carboxylic acids is 3. The van der Waals surface area contributed by atoms with Gasteiger partial charge in [-0.1, -0.05) is 65.7 Å². The third-order valence-electron chi connectivity index (χ3n) is 6.45. The first-order chi connectivity index (χ1) is 19.0. The van der Waals surface area contributed by atoms with Crippen molar-refractivity contribution in [2.75, 3.05) is 16.8 Å². The van der Waals surface area contributed by atoms with E-state index in [0.717, 1.165) is 5.56 Å².